The van der Waals surface area contributed by atoms with Crippen molar-refractivity contribution in [1.29, 1.82) is 5.26 Å². The quantitative estimate of drug-likeness (QED) is 0.150. The van der Waals surface area contributed by atoms with Crippen LogP contribution in [0.4, 0.5) is 0 Å². The first-order chi connectivity index (χ1) is 21.2. The van der Waals surface area contributed by atoms with Crippen LogP contribution in [-0.4, -0.2) is 53.9 Å². The number of hydrogen-bond donors (Lipinski definition) is 0. The second kappa shape index (κ2) is 15.0. The Balaban J connectivity index is 1.48. The van der Waals surface area contributed by atoms with Crippen molar-refractivity contribution in [1.82, 2.24) is 14.7 Å². The smallest absolute Gasteiger partial charge is 0.269 e. The molecule has 1 aromatic heterocycles. The van der Waals surface area contributed by atoms with Gasteiger partial charge in [0.05, 0.1) is 19.9 Å². The van der Waals surface area contributed by atoms with Crippen LogP contribution in [0.3, 0.4) is 0 Å². The maximum atomic E-state index is 11.9. The van der Waals surface area contributed by atoms with E-state index in [1.165, 1.54) is 45.8 Å². The Labute approximate surface area is 261 Å². The maximum Gasteiger partial charge on any atom is 0.269 e. The van der Waals surface area contributed by atoms with E-state index < -0.39 is 5.78 Å². The number of benzene rings is 1. The molecule has 0 bridgehead atoms. The number of aromatic nitrogens is 2. The summed E-state index contributed by atoms with van der Waals surface area (Å²) in [5.41, 5.74) is 9.28. The molecule has 8 nitrogen and oxygen atoms in total. The topological polar surface area (TPSA) is 89.6 Å². The lowest BCUT2D eigenvalue weighted by Gasteiger charge is -2.34. The van der Waals surface area contributed by atoms with E-state index in [-0.39, 0.29) is 11.4 Å². The number of allylic oxidation sites excluding steroid dienone is 7. The van der Waals surface area contributed by atoms with Crippen LogP contribution in [0.5, 0.6) is 5.88 Å². The molecule has 2 heterocycles. The lowest BCUT2D eigenvalue weighted by molar-refractivity contribution is 0.0907. The fourth-order valence-electron chi connectivity index (χ4n) is 5.92. The highest BCUT2D eigenvalue weighted by Crippen LogP contribution is 2.32. The van der Waals surface area contributed by atoms with Crippen LogP contribution in [-0.2, 0) is 29.0 Å². The summed E-state index contributed by atoms with van der Waals surface area (Å²) < 4.78 is 18.8. The van der Waals surface area contributed by atoms with Crippen molar-refractivity contribution < 1.29 is 19.0 Å². The monoisotopic (exact) mass is 596 g/mol. The molecule has 1 aliphatic carbocycles. The molecule has 0 N–H and O–H groups in total. The van der Waals surface area contributed by atoms with Crippen LogP contribution >= 0.6 is 0 Å². The number of methoxy groups -OCH3 is 2. The molecular weight excluding hydrogens is 552 g/mol. The van der Waals surface area contributed by atoms with Crippen LogP contribution in [0.2, 0.25) is 0 Å². The Morgan fingerprint density at radius 2 is 2.05 bits per heavy atom. The second-order valence-electron chi connectivity index (χ2n) is 11.6. The number of fused-ring (bicyclic) bond motifs is 1. The normalized spacial score (nSPS) is 16.7. The summed E-state index contributed by atoms with van der Waals surface area (Å²) in [5, 5.41) is 13.2. The molecule has 0 saturated carbocycles. The van der Waals surface area contributed by atoms with E-state index in [0.717, 1.165) is 68.0 Å². The molecule has 0 fully saturated rings. The largest absolute Gasteiger partial charge is 0.488 e. The van der Waals surface area contributed by atoms with E-state index >= 15 is 0 Å². The van der Waals surface area contributed by atoms with Crippen molar-refractivity contribution >= 4 is 11.5 Å². The van der Waals surface area contributed by atoms with Crippen molar-refractivity contribution in [3.63, 3.8) is 0 Å². The first-order valence-electron chi connectivity index (χ1n) is 15.2. The standard InChI is InChI=1S/C36H44N4O4/c1-24(12-10-13-27(4)40-36(43-7)32(20-38-40)34(41)19-37)31-14-9-8-11-25(2)35(31)44-23-29-17-26(3)33-21-39(28(5)22-42-6)16-15-30(33)18-29/h10,12-14,17-18,20,28H,1,8-9,11,15-16,21-23H2,2-7H3/b12-10-,27-13+. The highest BCUT2D eigenvalue weighted by atomic mass is 16.5. The molecule has 0 saturated heterocycles. The highest BCUT2D eigenvalue weighted by Gasteiger charge is 2.23. The molecule has 4 rings (SSSR count). The van der Waals surface area contributed by atoms with Crippen LogP contribution in [0, 0.1) is 18.3 Å². The van der Waals surface area contributed by atoms with Crippen LogP contribution in [0.25, 0.3) is 5.70 Å². The van der Waals surface area contributed by atoms with E-state index in [9.17, 15) is 4.79 Å². The first-order valence-corrected chi connectivity index (χ1v) is 15.2. The zero-order valence-electron chi connectivity index (χ0n) is 26.9. The van der Waals surface area contributed by atoms with Crippen molar-refractivity contribution in [2.45, 2.75) is 72.6 Å². The zero-order chi connectivity index (χ0) is 31.8. The van der Waals surface area contributed by atoms with Gasteiger partial charge in [-0.3, -0.25) is 9.69 Å². The van der Waals surface area contributed by atoms with Gasteiger partial charge in [0.2, 0.25) is 5.88 Å². The third-order valence-corrected chi connectivity index (χ3v) is 8.39. The maximum absolute atomic E-state index is 11.9. The van der Waals surface area contributed by atoms with E-state index in [2.05, 4.69) is 55.6 Å². The molecule has 8 heteroatoms. The van der Waals surface area contributed by atoms with Gasteiger partial charge < -0.3 is 14.2 Å². The number of nitriles is 1. The van der Waals surface area contributed by atoms with E-state index in [0.29, 0.717) is 12.6 Å². The number of carbonyl (C=O) groups excluding carboxylic acids is 1. The summed E-state index contributed by atoms with van der Waals surface area (Å²) in [6.45, 7) is 16.0. The van der Waals surface area contributed by atoms with Gasteiger partial charge in [0, 0.05) is 37.5 Å². The molecule has 44 heavy (non-hydrogen) atoms. The second-order valence-corrected chi connectivity index (χ2v) is 11.6. The van der Waals surface area contributed by atoms with E-state index in [4.69, 9.17) is 19.5 Å². The molecule has 0 amide bonds. The van der Waals surface area contributed by atoms with Crippen molar-refractivity contribution in [2.75, 3.05) is 27.4 Å². The average molecular weight is 597 g/mol. The van der Waals surface area contributed by atoms with Gasteiger partial charge in [-0.25, -0.2) is 4.68 Å². The SMILES string of the molecule is C=C(/C=C\C=C(/C)n1ncc(C(=O)C#N)c1OC)C1=CCCCC(C)=C1OCc1cc(C)c2c(c1)CCN(C(C)COC)C2. The van der Waals surface area contributed by atoms with Gasteiger partial charge in [-0.1, -0.05) is 36.9 Å². The minimum absolute atomic E-state index is 0.134. The van der Waals surface area contributed by atoms with Crippen LogP contribution in [0.1, 0.15) is 72.6 Å². The summed E-state index contributed by atoms with van der Waals surface area (Å²) in [6, 6.07) is 6.60. The number of ether oxygens (including phenoxy) is 3. The summed E-state index contributed by atoms with van der Waals surface area (Å²) in [4.78, 5) is 14.4. The summed E-state index contributed by atoms with van der Waals surface area (Å²) in [6.07, 6.45) is 13.3. The molecule has 2 aromatic rings. The number of Topliss-reactive ketones (excluding diaryl/α,β-unsaturated/α-hetero) is 1. The zero-order valence-corrected chi connectivity index (χ0v) is 26.9. The van der Waals surface area contributed by atoms with Crippen molar-refractivity contribution in [3.05, 3.63) is 99.5 Å². The number of nitrogens with zero attached hydrogens (tertiary/aromatic N) is 4. The summed E-state index contributed by atoms with van der Waals surface area (Å²) in [5.74, 6) is 0.444. The Bertz CT molecular complexity index is 1570. The van der Waals surface area contributed by atoms with Gasteiger partial charge in [0.25, 0.3) is 5.78 Å². The Morgan fingerprint density at radius 3 is 2.77 bits per heavy atom. The molecular formula is C36H44N4O4. The predicted octanol–water partition coefficient (Wildman–Crippen LogP) is 6.87. The molecule has 0 spiro atoms. The Hall–Kier alpha value is -4.19. The molecule has 232 valence electrons. The lowest BCUT2D eigenvalue weighted by Crippen LogP contribution is -2.40. The molecule has 1 atom stereocenters. The minimum atomic E-state index is -0.690. The Kier molecular flexibility index (Phi) is 11.2. The fourth-order valence-corrected chi connectivity index (χ4v) is 5.92. The first kappa shape index (κ1) is 32.7. The predicted molar refractivity (Wildman–Crippen MR) is 173 cm³/mol. The Morgan fingerprint density at radius 1 is 1.25 bits per heavy atom. The van der Waals surface area contributed by atoms with E-state index in [1.807, 2.05) is 25.2 Å². The third kappa shape index (κ3) is 7.47. The van der Waals surface area contributed by atoms with E-state index in [1.54, 1.807) is 13.2 Å². The van der Waals surface area contributed by atoms with Gasteiger partial charge in [-0.05, 0) is 92.9 Å². The number of carbonyl (C=O) groups is 1. The molecule has 1 unspecified atom stereocenters. The summed E-state index contributed by atoms with van der Waals surface area (Å²) in [7, 11) is 3.21. The number of aryl methyl sites for hydroxylation is 1. The average Bonchev–Trinajstić information content (AvgIpc) is 3.36. The number of rotatable bonds is 12. The van der Waals surface area contributed by atoms with Crippen molar-refractivity contribution in [3.8, 4) is 11.9 Å². The van der Waals surface area contributed by atoms with Gasteiger partial charge >= 0.3 is 0 Å². The third-order valence-electron chi connectivity index (χ3n) is 8.39. The van der Waals surface area contributed by atoms with Crippen molar-refractivity contribution in [2.24, 2.45) is 0 Å². The minimum Gasteiger partial charge on any atom is -0.488 e. The number of hydrogen-bond acceptors (Lipinski definition) is 7. The van der Waals surface area contributed by atoms with Crippen LogP contribution in [0.15, 0.2) is 71.7 Å². The fraction of sp³-hybridized carbons (Fsp3) is 0.417. The van der Waals surface area contributed by atoms with Crippen LogP contribution < -0.4 is 4.74 Å². The lowest BCUT2D eigenvalue weighted by atomic mass is 9.92. The molecule has 2 aliphatic rings. The van der Waals surface area contributed by atoms with Gasteiger partial charge in [-0.15, -0.1) is 0 Å². The highest BCUT2D eigenvalue weighted by molar-refractivity contribution is 6.09. The van der Waals surface area contributed by atoms with Gasteiger partial charge in [0.1, 0.15) is 24.0 Å². The molecule has 0 radical (unpaired) electrons. The summed E-state index contributed by atoms with van der Waals surface area (Å²) >= 11 is 0. The number of ketones is 1. The molecule has 1 aliphatic heterocycles. The van der Waals surface area contributed by atoms with Gasteiger partial charge in [-0.2, -0.15) is 10.4 Å². The van der Waals surface area contributed by atoms with Gasteiger partial charge in [0.15, 0.2) is 0 Å². The molecule has 1 aromatic carbocycles.